The van der Waals surface area contributed by atoms with Crippen LogP contribution in [0.3, 0.4) is 0 Å². The van der Waals surface area contributed by atoms with Gasteiger partial charge < -0.3 is 0 Å². The fourth-order valence-electron chi connectivity index (χ4n) is 0.682. The van der Waals surface area contributed by atoms with Crippen molar-refractivity contribution in [2.75, 3.05) is 4.42 Å². The predicted molar refractivity (Wildman–Crippen MR) is 40.8 cm³/mol. The maximum Gasteiger partial charge on any atom is 0.228 e. The van der Waals surface area contributed by atoms with E-state index in [2.05, 4.69) is 0 Å². The van der Waals surface area contributed by atoms with E-state index in [0.717, 1.165) is 0 Å². The number of carbonyl (C=O) groups is 1. The minimum atomic E-state index is -0.519. The summed E-state index contributed by atoms with van der Waals surface area (Å²) < 4.78 is 13.4. The molecule has 1 aromatic rings. The maximum atomic E-state index is 12.7. The molecule has 0 bridgehead atoms. The number of para-hydroxylation sites is 1. The molecule has 4 heteroatoms. The van der Waals surface area contributed by atoms with E-state index in [-0.39, 0.29) is 5.69 Å². The molecule has 1 amide bonds. The van der Waals surface area contributed by atoms with Crippen molar-refractivity contribution in [3.63, 3.8) is 0 Å². The first-order chi connectivity index (χ1) is 5.25. The SMILES string of the molecule is O=CN(Cl)c1ccccc1F. The van der Waals surface area contributed by atoms with E-state index in [1.165, 1.54) is 18.2 Å². The fourth-order valence-corrected chi connectivity index (χ4v) is 0.819. The maximum absolute atomic E-state index is 12.7. The number of nitrogens with zero attached hydrogens (tertiary/aromatic N) is 1. The van der Waals surface area contributed by atoms with Gasteiger partial charge in [-0.1, -0.05) is 12.1 Å². The lowest BCUT2D eigenvalue weighted by atomic mass is 10.3. The molecule has 0 aromatic heterocycles. The standard InChI is InChI=1S/C7H5ClFNO/c8-10(5-11)7-4-2-1-3-6(7)9/h1-5H. The van der Waals surface area contributed by atoms with Gasteiger partial charge in [0.1, 0.15) is 5.82 Å². The van der Waals surface area contributed by atoms with Gasteiger partial charge in [0.15, 0.2) is 0 Å². The lowest BCUT2D eigenvalue weighted by Gasteiger charge is -2.06. The molecule has 11 heavy (non-hydrogen) atoms. The Bertz CT molecular complexity index is 266. The van der Waals surface area contributed by atoms with E-state index >= 15 is 0 Å². The first-order valence-corrected chi connectivity index (χ1v) is 3.24. The third kappa shape index (κ3) is 1.68. The van der Waals surface area contributed by atoms with Crippen LogP contribution in [0, 0.1) is 5.82 Å². The normalized spacial score (nSPS) is 9.27. The lowest BCUT2D eigenvalue weighted by Crippen LogP contribution is -2.07. The van der Waals surface area contributed by atoms with Crippen molar-refractivity contribution < 1.29 is 9.18 Å². The smallest absolute Gasteiger partial charge is 0.228 e. The summed E-state index contributed by atoms with van der Waals surface area (Å²) in [5.41, 5.74) is 0.0594. The zero-order valence-electron chi connectivity index (χ0n) is 5.50. The van der Waals surface area contributed by atoms with Crippen LogP contribution in [0.2, 0.25) is 0 Å². The van der Waals surface area contributed by atoms with E-state index in [0.29, 0.717) is 10.8 Å². The van der Waals surface area contributed by atoms with Gasteiger partial charge >= 0.3 is 0 Å². The molecular weight excluding hydrogens is 169 g/mol. The van der Waals surface area contributed by atoms with Crippen LogP contribution in [-0.2, 0) is 4.79 Å². The highest BCUT2D eigenvalue weighted by Gasteiger charge is 2.05. The average Bonchev–Trinajstić information content (AvgIpc) is 2.04. The Hall–Kier alpha value is -1.09. The van der Waals surface area contributed by atoms with Crippen LogP contribution in [0.1, 0.15) is 0 Å². The lowest BCUT2D eigenvalue weighted by molar-refractivity contribution is -0.106. The molecule has 0 aliphatic rings. The Morgan fingerprint density at radius 1 is 1.45 bits per heavy atom. The molecule has 0 aliphatic heterocycles. The molecule has 0 saturated carbocycles. The first-order valence-electron chi connectivity index (χ1n) is 2.90. The zero-order valence-corrected chi connectivity index (χ0v) is 6.25. The van der Waals surface area contributed by atoms with Crippen molar-refractivity contribution >= 4 is 23.9 Å². The summed E-state index contributed by atoms with van der Waals surface area (Å²) in [4.78, 5) is 10.1. The van der Waals surface area contributed by atoms with Crippen LogP contribution in [-0.4, -0.2) is 6.41 Å². The van der Waals surface area contributed by atoms with Gasteiger partial charge in [-0.2, -0.15) is 0 Å². The molecule has 0 heterocycles. The molecule has 0 fully saturated rings. The molecule has 0 aliphatic carbocycles. The number of hydrogen-bond donors (Lipinski definition) is 0. The van der Waals surface area contributed by atoms with Crippen molar-refractivity contribution in [3.05, 3.63) is 30.1 Å². The van der Waals surface area contributed by atoms with Crippen molar-refractivity contribution in [1.29, 1.82) is 0 Å². The predicted octanol–water partition coefficient (Wildman–Crippen LogP) is 1.94. The minimum absolute atomic E-state index is 0.0594. The number of hydrogen-bond acceptors (Lipinski definition) is 1. The van der Waals surface area contributed by atoms with Crippen LogP contribution < -0.4 is 4.42 Å². The number of amides is 1. The van der Waals surface area contributed by atoms with E-state index in [1.807, 2.05) is 0 Å². The molecule has 0 radical (unpaired) electrons. The largest absolute Gasteiger partial charge is 0.277 e. The van der Waals surface area contributed by atoms with Crippen LogP contribution in [0.15, 0.2) is 24.3 Å². The third-order valence-corrected chi connectivity index (χ3v) is 1.44. The van der Waals surface area contributed by atoms with Gasteiger partial charge in [0.05, 0.1) is 5.69 Å². The molecule has 2 nitrogen and oxygen atoms in total. The number of anilines is 1. The Labute approximate surface area is 68.3 Å². The molecular formula is C7H5ClFNO. The number of rotatable bonds is 2. The molecule has 0 N–H and O–H groups in total. The third-order valence-electron chi connectivity index (χ3n) is 1.18. The Kier molecular flexibility index (Phi) is 2.44. The van der Waals surface area contributed by atoms with Gasteiger partial charge in [0, 0.05) is 11.8 Å². The Balaban J connectivity index is 3.02. The van der Waals surface area contributed by atoms with Gasteiger partial charge in [-0.05, 0) is 12.1 Å². The molecule has 0 saturated heterocycles. The van der Waals surface area contributed by atoms with Crippen molar-refractivity contribution in [2.45, 2.75) is 0 Å². The van der Waals surface area contributed by atoms with Crippen molar-refractivity contribution in [2.24, 2.45) is 0 Å². The summed E-state index contributed by atoms with van der Waals surface area (Å²) in [5, 5.41) is 0. The van der Waals surface area contributed by atoms with Crippen LogP contribution in [0.5, 0.6) is 0 Å². The van der Waals surface area contributed by atoms with E-state index in [4.69, 9.17) is 11.8 Å². The number of halogens is 2. The summed E-state index contributed by atoms with van der Waals surface area (Å²) in [7, 11) is 0. The molecule has 58 valence electrons. The van der Waals surface area contributed by atoms with Gasteiger partial charge in [-0.25, -0.2) is 8.81 Å². The second-order valence-corrected chi connectivity index (χ2v) is 2.23. The molecule has 1 rings (SSSR count). The average molecular weight is 174 g/mol. The number of carbonyl (C=O) groups excluding carboxylic acids is 1. The van der Waals surface area contributed by atoms with E-state index in [1.54, 1.807) is 6.07 Å². The summed E-state index contributed by atoms with van der Waals surface area (Å²) >= 11 is 5.32. The van der Waals surface area contributed by atoms with Crippen molar-refractivity contribution in [1.82, 2.24) is 0 Å². The Morgan fingerprint density at radius 2 is 2.09 bits per heavy atom. The summed E-state index contributed by atoms with van der Waals surface area (Å²) in [6, 6.07) is 5.76. The summed E-state index contributed by atoms with van der Waals surface area (Å²) in [6.45, 7) is 0. The summed E-state index contributed by atoms with van der Waals surface area (Å²) in [6.07, 6.45) is 0.333. The van der Waals surface area contributed by atoms with Gasteiger partial charge in [-0.15, -0.1) is 0 Å². The number of benzene rings is 1. The summed E-state index contributed by atoms with van der Waals surface area (Å²) in [5.74, 6) is -0.519. The van der Waals surface area contributed by atoms with Gasteiger partial charge in [-0.3, -0.25) is 4.79 Å². The van der Waals surface area contributed by atoms with Crippen LogP contribution >= 0.6 is 11.8 Å². The highest BCUT2D eigenvalue weighted by atomic mass is 35.5. The molecule has 0 spiro atoms. The monoisotopic (exact) mass is 173 g/mol. The minimum Gasteiger partial charge on any atom is -0.277 e. The molecule has 0 atom stereocenters. The topological polar surface area (TPSA) is 20.3 Å². The van der Waals surface area contributed by atoms with Gasteiger partial charge in [0.2, 0.25) is 6.41 Å². The van der Waals surface area contributed by atoms with Gasteiger partial charge in [0.25, 0.3) is 0 Å². The molecule has 0 unspecified atom stereocenters. The Morgan fingerprint density at radius 3 is 2.64 bits per heavy atom. The highest BCUT2D eigenvalue weighted by molar-refractivity contribution is 6.33. The quantitative estimate of drug-likeness (QED) is 0.495. The van der Waals surface area contributed by atoms with Crippen molar-refractivity contribution in [3.8, 4) is 0 Å². The van der Waals surface area contributed by atoms with E-state index < -0.39 is 5.82 Å². The highest BCUT2D eigenvalue weighted by Crippen LogP contribution is 2.18. The second-order valence-electron chi connectivity index (χ2n) is 1.87. The second kappa shape index (κ2) is 3.34. The first kappa shape index (κ1) is 8.01. The van der Waals surface area contributed by atoms with E-state index in [9.17, 15) is 9.18 Å². The van der Waals surface area contributed by atoms with Crippen LogP contribution in [0.25, 0.3) is 0 Å². The fraction of sp³-hybridized carbons (Fsp3) is 0. The zero-order chi connectivity index (χ0) is 8.27. The molecule has 1 aromatic carbocycles. The van der Waals surface area contributed by atoms with Crippen LogP contribution in [0.4, 0.5) is 10.1 Å².